The van der Waals surface area contributed by atoms with Gasteiger partial charge in [-0.2, -0.15) is 0 Å². The van der Waals surface area contributed by atoms with Crippen LogP contribution in [0.25, 0.3) is 0 Å². The number of nitrogens with zero attached hydrogens (tertiary/aromatic N) is 1. The topological polar surface area (TPSA) is 38.4 Å². The number of rotatable bonds is 0. The molecule has 0 fully saturated rings. The van der Waals surface area contributed by atoms with Crippen molar-refractivity contribution in [3.8, 4) is 0 Å². The Morgan fingerprint density at radius 3 is 2.56 bits per heavy atom. The van der Waals surface area contributed by atoms with Gasteiger partial charge in [-0.1, -0.05) is 13.8 Å². The van der Waals surface area contributed by atoms with Gasteiger partial charge in [0.05, 0.1) is 0 Å². The third-order valence-corrected chi connectivity index (χ3v) is 1.72. The van der Waals surface area contributed by atoms with Crippen LogP contribution in [0.1, 0.15) is 13.8 Å². The van der Waals surface area contributed by atoms with Gasteiger partial charge in [0, 0.05) is 6.21 Å². The molecule has 1 heterocycles. The highest BCUT2D eigenvalue weighted by atomic mass is 14.9. The first kappa shape index (κ1) is 6.33. The van der Waals surface area contributed by atoms with E-state index in [1.807, 2.05) is 12.3 Å². The summed E-state index contributed by atoms with van der Waals surface area (Å²) in [6, 6.07) is 0. The molecule has 0 radical (unpaired) electrons. The zero-order valence-corrected chi connectivity index (χ0v) is 5.83. The highest BCUT2D eigenvalue weighted by Gasteiger charge is 2.10. The first-order valence-electron chi connectivity index (χ1n) is 3.21. The van der Waals surface area contributed by atoms with Crippen LogP contribution in [0.15, 0.2) is 16.9 Å². The summed E-state index contributed by atoms with van der Waals surface area (Å²) in [6.45, 7) is 4.28. The SMILES string of the molecule is CC1C=NC(N)=CC1C. The fourth-order valence-electron chi connectivity index (χ4n) is 0.804. The largest absolute Gasteiger partial charge is 0.384 e. The van der Waals surface area contributed by atoms with Crippen LogP contribution in [-0.4, -0.2) is 6.21 Å². The summed E-state index contributed by atoms with van der Waals surface area (Å²) in [5, 5.41) is 0. The van der Waals surface area contributed by atoms with E-state index in [-0.39, 0.29) is 0 Å². The first-order chi connectivity index (χ1) is 4.20. The Kier molecular flexibility index (Phi) is 1.56. The summed E-state index contributed by atoms with van der Waals surface area (Å²) in [5.74, 6) is 1.74. The maximum Gasteiger partial charge on any atom is 0.119 e. The molecule has 0 aromatic rings. The molecule has 0 aliphatic carbocycles. The van der Waals surface area contributed by atoms with Crippen molar-refractivity contribution in [3.63, 3.8) is 0 Å². The molecular formula is C7H12N2. The number of aliphatic imine (C=N–C) groups is 1. The molecular weight excluding hydrogens is 112 g/mol. The summed E-state index contributed by atoms with van der Waals surface area (Å²) in [6.07, 6.45) is 3.89. The van der Waals surface area contributed by atoms with Crippen LogP contribution in [-0.2, 0) is 0 Å². The van der Waals surface area contributed by atoms with Gasteiger partial charge in [0.1, 0.15) is 5.82 Å². The number of hydrogen-bond acceptors (Lipinski definition) is 2. The number of hydrogen-bond donors (Lipinski definition) is 1. The maximum absolute atomic E-state index is 5.45. The zero-order valence-electron chi connectivity index (χ0n) is 5.83. The van der Waals surface area contributed by atoms with Crippen LogP contribution >= 0.6 is 0 Å². The highest BCUT2D eigenvalue weighted by molar-refractivity contribution is 5.63. The molecule has 0 amide bonds. The fourth-order valence-corrected chi connectivity index (χ4v) is 0.804. The Hall–Kier alpha value is -0.790. The third kappa shape index (κ3) is 1.31. The lowest BCUT2D eigenvalue weighted by atomic mass is 9.95. The van der Waals surface area contributed by atoms with Crippen LogP contribution in [0.2, 0.25) is 0 Å². The normalized spacial score (nSPS) is 34.2. The van der Waals surface area contributed by atoms with E-state index in [1.54, 1.807) is 0 Å². The summed E-state index contributed by atoms with van der Waals surface area (Å²) in [5.41, 5.74) is 5.45. The number of allylic oxidation sites excluding steroid dienone is 1. The molecule has 0 bridgehead atoms. The van der Waals surface area contributed by atoms with E-state index >= 15 is 0 Å². The van der Waals surface area contributed by atoms with Crippen LogP contribution in [0.5, 0.6) is 0 Å². The lowest BCUT2D eigenvalue weighted by molar-refractivity contribution is 0.585. The Morgan fingerprint density at radius 1 is 1.44 bits per heavy atom. The van der Waals surface area contributed by atoms with Crippen molar-refractivity contribution in [1.82, 2.24) is 0 Å². The van der Waals surface area contributed by atoms with Crippen molar-refractivity contribution in [1.29, 1.82) is 0 Å². The zero-order chi connectivity index (χ0) is 6.85. The summed E-state index contributed by atoms with van der Waals surface area (Å²) in [7, 11) is 0. The van der Waals surface area contributed by atoms with Gasteiger partial charge in [-0.25, -0.2) is 4.99 Å². The smallest absolute Gasteiger partial charge is 0.119 e. The van der Waals surface area contributed by atoms with Crippen LogP contribution < -0.4 is 5.73 Å². The van der Waals surface area contributed by atoms with Gasteiger partial charge in [-0.05, 0) is 17.9 Å². The van der Waals surface area contributed by atoms with Gasteiger partial charge < -0.3 is 5.73 Å². The lowest BCUT2D eigenvalue weighted by Crippen LogP contribution is -2.14. The molecule has 2 N–H and O–H groups in total. The molecule has 0 spiro atoms. The van der Waals surface area contributed by atoms with Gasteiger partial charge in [-0.3, -0.25) is 0 Å². The second-order valence-electron chi connectivity index (χ2n) is 2.59. The van der Waals surface area contributed by atoms with Crippen LogP contribution in [0.3, 0.4) is 0 Å². The predicted molar refractivity (Wildman–Crippen MR) is 39.1 cm³/mol. The molecule has 0 saturated carbocycles. The molecule has 0 aromatic carbocycles. The Morgan fingerprint density at radius 2 is 2.11 bits per heavy atom. The molecule has 50 valence electrons. The van der Waals surface area contributed by atoms with E-state index < -0.39 is 0 Å². The average molecular weight is 124 g/mol. The van der Waals surface area contributed by atoms with Gasteiger partial charge in [0.15, 0.2) is 0 Å². The van der Waals surface area contributed by atoms with E-state index in [4.69, 9.17) is 5.73 Å². The summed E-state index contributed by atoms with van der Waals surface area (Å²) >= 11 is 0. The van der Waals surface area contributed by atoms with Crippen molar-refractivity contribution < 1.29 is 0 Å². The van der Waals surface area contributed by atoms with E-state index in [0.29, 0.717) is 17.7 Å². The Bertz CT molecular complexity index is 158. The standard InChI is InChI=1S/C7H12N2/c1-5-3-7(8)9-4-6(5)2/h3-6H,8H2,1-2H3. The van der Waals surface area contributed by atoms with E-state index in [0.717, 1.165) is 0 Å². The minimum Gasteiger partial charge on any atom is -0.384 e. The lowest BCUT2D eigenvalue weighted by Gasteiger charge is -2.15. The van der Waals surface area contributed by atoms with Crippen LogP contribution in [0.4, 0.5) is 0 Å². The van der Waals surface area contributed by atoms with Gasteiger partial charge in [0.25, 0.3) is 0 Å². The molecule has 1 rings (SSSR count). The van der Waals surface area contributed by atoms with Crippen molar-refractivity contribution in [3.05, 3.63) is 11.9 Å². The van der Waals surface area contributed by atoms with Gasteiger partial charge in [-0.15, -0.1) is 0 Å². The van der Waals surface area contributed by atoms with E-state index in [9.17, 15) is 0 Å². The molecule has 2 atom stereocenters. The minimum absolute atomic E-state index is 0.539. The van der Waals surface area contributed by atoms with Crippen molar-refractivity contribution in [2.45, 2.75) is 13.8 Å². The predicted octanol–water partition coefficient (Wildman–Crippen LogP) is 1.14. The highest BCUT2D eigenvalue weighted by Crippen LogP contribution is 2.15. The van der Waals surface area contributed by atoms with Crippen molar-refractivity contribution in [2.75, 3.05) is 0 Å². The van der Waals surface area contributed by atoms with Gasteiger partial charge in [0.2, 0.25) is 0 Å². The molecule has 0 aromatic heterocycles. The van der Waals surface area contributed by atoms with E-state index in [1.165, 1.54) is 0 Å². The number of nitrogens with two attached hydrogens (primary N) is 1. The monoisotopic (exact) mass is 124 g/mol. The Labute approximate surface area is 55.5 Å². The molecule has 2 nitrogen and oxygen atoms in total. The molecule has 2 heteroatoms. The van der Waals surface area contributed by atoms with Gasteiger partial charge >= 0.3 is 0 Å². The molecule has 9 heavy (non-hydrogen) atoms. The van der Waals surface area contributed by atoms with E-state index in [2.05, 4.69) is 18.8 Å². The Balaban J connectivity index is 2.70. The van der Waals surface area contributed by atoms with Crippen molar-refractivity contribution >= 4 is 6.21 Å². The molecule has 0 saturated heterocycles. The second kappa shape index (κ2) is 2.21. The molecule has 1 aliphatic heterocycles. The fraction of sp³-hybridized carbons (Fsp3) is 0.571. The first-order valence-corrected chi connectivity index (χ1v) is 3.21. The third-order valence-electron chi connectivity index (χ3n) is 1.72. The summed E-state index contributed by atoms with van der Waals surface area (Å²) < 4.78 is 0. The molecule has 2 unspecified atom stereocenters. The second-order valence-corrected chi connectivity index (χ2v) is 2.59. The van der Waals surface area contributed by atoms with Crippen LogP contribution in [0, 0.1) is 11.8 Å². The summed E-state index contributed by atoms with van der Waals surface area (Å²) in [4.78, 5) is 3.98. The average Bonchev–Trinajstić information content (AvgIpc) is 1.80. The minimum atomic E-state index is 0.539. The molecule has 1 aliphatic rings. The van der Waals surface area contributed by atoms with Crippen molar-refractivity contribution in [2.24, 2.45) is 22.6 Å². The quantitative estimate of drug-likeness (QED) is 0.516. The maximum atomic E-state index is 5.45.